The molecule has 4 rings (SSSR count). The van der Waals surface area contributed by atoms with Crippen LogP contribution >= 0.6 is 0 Å². The third kappa shape index (κ3) is 6.11. The number of hydrogen-bond donors (Lipinski definition) is 4. The van der Waals surface area contributed by atoms with E-state index in [1.165, 1.54) is 19.3 Å². The van der Waals surface area contributed by atoms with Gasteiger partial charge in [0.25, 0.3) is 11.5 Å². The first-order chi connectivity index (χ1) is 16.9. The topological polar surface area (TPSA) is 97.5 Å². The minimum absolute atomic E-state index is 0.0374. The van der Waals surface area contributed by atoms with Crippen molar-refractivity contribution in [3.63, 3.8) is 0 Å². The molecule has 2 heterocycles. The normalized spacial score (nSPS) is 14.6. The van der Waals surface area contributed by atoms with Crippen molar-refractivity contribution in [2.45, 2.75) is 39.2 Å². The molecule has 3 aromatic rings. The summed E-state index contributed by atoms with van der Waals surface area (Å²) in [6, 6.07) is 16.9. The maximum Gasteiger partial charge on any atom is 0.271 e. The number of H-pyrrole nitrogens is 1. The Labute approximate surface area is 206 Å². The van der Waals surface area contributed by atoms with E-state index in [1.54, 1.807) is 24.4 Å². The molecule has 1 fully saturated rings. The highest BCUT2D eigenvalue weighted by Gasteiger charge is 2.15. The third-order valence-corrected chi connectivity index (χ3v) is 6.55. The molecular formula is C28H34N4O3. The van der Waals surface area contributed by atoms with Gasteiger partial charge < -0.3 is 25.6 Å². The Balaban J connectivity index is 1.49. The van der Waals surface area contributed by atoms with Gasteiger partial charge in [-0.15, -0.1) is 0 Å². The summed E-state index contributed by atoms with van der Waals surface area (Å²) in [4.78, 5) is 30.4. The molecule has 2 aromatic carbocycles. The van der Waals surface area contributed by atoms with E-state index in [0.29, 0.717) is 5.56 Å². The van der Waals surface area contributed by atoms with Crippen molar-refractivity contribution in [3.05, 3.63) is 76.7 Å². The molecule has 1 saturated heterocycles. The molecular weight excluding hydrogens is 440 g/mol. The fourth-order valence-corrected chi connectivity index (χ4v) is 4.34. The molecule has 35 heavy (non-hydrogen) atoms. The van der Waals surface area contributed by atoms with E-state index < -0.39 is 0 Å². The van der Waals surface area contributed by atoms with Gasteiger partial charge in [0.15, 0.2) is 0 Å². The second-order valence-corrected chi connectivity index (χ2v) is 9.44. The van der Waals surface area contributed by atoms with Crippen molar-refractivity contribution in [1.82, 2.24) is 4.98 Å². The zero-order chi connectivity index (χ0) is 24.8. The molecule has 0 aliphatic carbocycles. The van der Waals surface area contributed by atoms with Crippen LogP contribution in [0.2, 0.25) is 0 Å². The van der Waals surface area contributed by atoms with Crippen LogP contribution in [0.4, 0.5) is 17.1 Å². The number of nitrogens with zero attached hydrogens (tertiary/aromatic N) is 1. The summed E-state index contributed by atoms with van der Waals surface area (Å²) >= 11 is 0. The summed E-state index contributed by atoms with van der Waals surface area (Å²) in [5.74, 6) is -0.0524. The van der Waals surface area contributed by atoms with E-state index >= 15 is 0 Å². The van der Waals surface area contributed by atoms with Gasteiger partial charge in [-0.2, -0.15) is 0 Å². The Hall–Kier alpha value is -3.58. The van der Waals surface area contributed by atoms with E-state index in [0.717, 1.165) is 35.6 Å². The largest absolute Gasteiger partial charge is 0.394 e. The molecule has 0 spiro atoms. The maximum absolute atomic E-state index is 12.9. The minimum Gasteiger partial charge on any atom is -0.394 e. The van der Waals surface area contributed by atoms with Gasteiger partial charge in [0.05, 0.1) is 12.6 Å². The molecule has 184 valence electrons. The summed E-state index contributed by atoms with van der Waals surface area (Å²) < 4.78 is 0. The van der Waals surface area contributed by atoms with E-state index in [-0.39, 0.29) is 35.7 Å². The van der Waals surface area contributed by atoms with Gasteiger partial charge in [0.2, 0.25) is 0 Å². The van der Waals surface area contributed by atoms with Gasteiger partial charge in [0.1, 0.15) is 5.69 Å². The molecule has 7 nitrogen and oxygen atoms in total. The zero-order valence-corrected chi connectivity index (χ0v) is 20.4. The van der Waals surface area contributed by atoms with Crippen LogP contribution in [-0.4, -0.2) is 41.7 Å². The number of aliphatic hydroxyl groups excluding tert-OH is 1. The standard InChI is InChI=1S/C28H34N4O3/c1-19(2)26(18-33)30-23-8-6-7-21(15-23)22-16-25(28(35)29-17-22)31-27(34)20-9-11-24(12-10-20)32-13-4-3-5-14-32/h6-12,15-17,19,26,30,33H,3-5,13-14,18H2,1-2H3,(H,29,35)(H,31,34)/t26-/m1/s1. The summed E-state index contributed by atoms with van der Waals surface area (Å²) in [5.41, 5.74) is 3.99. The molecule has 0 saturated carbocycles. The van der Waals surface area contributed by atoms with Gasteiger partial charge in [0, 0.05) is 41.8 Å². The SMILES string of the molecule is CC(C)[C@@H](CO)Nc1cccc(-c2c[nH]c(=O)c(NC(=O)c3ccc(N4CCCCC4)cc3)c2)c1. The summed E-state index contributed by atoms with van der Waals surface area (Å²) in [6.07, 6.45) is 5.29. The number of nitrogens with one attached hydrogen (secondary N) is 3. The van der Waals surface area contributed by atoms with Crippen LogP contribution in [0.15, 0.2) is 65.6 Å². The first kappa shape index (κ1) is 24.5. The highest BCUT2D eigenvalue weighted by molar-refractivity contribution is 6.04. The molecule has 1 aliphatic heterocycles. The molecule has 1 amide bonds. The van der Waals surface area contributed by atoms with Crippen molar-refractivity contribution >= 4 is 23.0 Å². The van der Waals surface area contributed by atoms with Crippen LogP contribution in [0.1, 0.15) is 43.5 Å². The Kier molecular flexibility index (Phi) is 7.87. The van der Waals surface area contributed by atoms with Crippen LogP contribution in [-0.2, 0) is 0 Å². The van der Waals surface area contributed by atoms with Gasteiger partial charge in [-0.25, -0.2) is 0 Å². The predicted octanol–water partition coefficient (Wildman–Crippen LogP) is 4.71. The number of aromatic nitrogens is 1. The Bertz CT molecular complexity index is 1200. The number of aromatic amines is 1. The lowest BCUT2D eigenvalue weighted by Gasteiger charge is -2.28. The fraction of sp³-hybridized carbons (Fsp3) is 0.357. The van der Waals surface area contributed by atoms with Crippen LogP contribution < -0.4 is 21.1 Å². The molecule has 0 radical (unpaired) electrons. The first-order valence-corrected chi connectivity index (χ1v) is 12.3. The van der Waals surface area contributed by atoms with Crippen molar-refractivity contribution < 1.29 is 9.90 Å². The highest BCUT2D eigenvalue weighted by Crippen LogP contribution is 2.25. The zero-order valence-electron chi connectivity index (χ0n) is 20.4. The highest BCUT2D eigenvalue weighted by atomic mass is 16.3. The van der Waals surface area contributed by atoms with Crippen molar-refractivity contribution in [2.75, 3.05) is 35.2 Å². The van der Waals surface area contributed by atoms with E-state index in [4.69, 9.17) is 0 Å². The molecule has 1 aliphatic rings. The summed E-state index contributed by atoms with van der Waals surface area (Å²) in [7, 11) is 0. The average Bonchev–Trinajstić information content (AvgIpc) is 2.89. The van der Waals surface area contributed by atoms with Crippen LogP contribution in [0, 0.1) is 5.92 Å². The van der Waals surface area contributed by atoms with E-state index in [9.17, 15) is 14.7 Å². The Morgan fingerprint density at radius 3 is 2.46 bits per heavy atom. The molecule has 0 unspecified atom stereocenters. The lowest BCUT2D eigenvalue weighted by Crippen LogP contribution is -2.29. The lowest BCUT2D eigenvalue weighted by atomic mass is 10.0. The Morgan fingerprint density at radius 1 is 1.03 bits per heavy atom. The van der Waals surface area contributed by atoms with Gasteiger partial charge in [-0.1, -0.05) is 26.0 Å². The smallest absolute Gasteiger partial charge is 0.271 e. The number of piperidine rings is 1. The first-order valence-electron chi connectivity index (χ1n) is 12.3. The minimum atomic E-state index is -0.360. The number of amides is 1. The number of aliphatic hydroxyl groups is 1. The van der Waals surface area contributed by atoms with Crippen LogP contribution in [0.25, 0.3) is 11.1 Å². The second kappa shape index (κ2) is 11.2. The second-order valence-electron chi connectivity index (χ2n) is 9.44. The van der Waals surface area contributed by atoms with Gasteiger partial charge in [-0.3, -0.25) is 9.59 Å². The van der Waals surface area contributed by atoms with E-state index in [1.807, 2.05) is 36.4 Å². The number of hydrogen-bond acceptors (Lipinski definition) is 5. The fourth-order valence-electron chi connectivity index (χ4n) is 4.34. The molecule has 1 atom stereocenters. The van der Waals surface area contributed by atoms with Crippen LogP contribution in [0.5, 0.6) is 0 Å². The monoisotopic (exact) mass is 474 g/mol. The quantitative estimate of drug-likeness (QED) is 0.379. The molecule has 7 heteroatoms. The number of rotatable bonds is 8. The third-order valence-electron chi connectivity index (χ3n) is 6.55. The summed E-state index contributed by atoms with van der Waals surface area (Å²) in [5, 5.41) is 15.7. The number of anilines is 3. The molecule has 1 aromatic heterocycles. The number of pyridine rings is 1. The molecule has 4 N–H and O–H groups in total. The van der Waals surface area contributed by atoms with E-state index in [2.05, 4.69) is 34.4 Å². The predicted molar refractivity (Wildman–Crippen MR) is 142 cm³/mol. The average molecular weight is 475 g/mol. The summed E-state index contributed by atoms with van der Waals surface area (Å²) in [6.45, 7) is 6.23. The molecule has 0 bridgehead atoms. The number of carbonyl (C=O) groups is 1. The maximum atomic E-state index is 12.9. The van der Waals surface area contributed by atoms with Gasteiger partial charge in [-0.05, 0) is 73.2 Å². The Morgan fingerprint density at radius 2 is 1.77 bits per heavy atom. The van der Waals surface area contributed by atoms with Crippen molar-refractivity contribution in [1.29, 1.82) is 0 Å². The van der Waals surface area contributed by atoms with Crippen LogP contribution in [0.3, 0.4) is 0 Å². The number of benzene rings is 2. The van der Waals surface area contributed by atoms with Crippen molar-refractivity contribution in [3.8, 4) is 11.1 Å². The number of carbonyl (C=O) groups excluding carboxylic acids is 1. The van der Waals surface area contributed by atoms with Gasteiger partial charge >= 0.3 is 0 Å². The lowest BCUT2D eigenvalue weighted by molar-refractivity contribution is 0.102. The van der Waals surface area contributed by atoms with Crippen molar-refractivity contribution in [2.24, 2.45) is 5.92 Å².